The second-order valence-corrected chi connectivity index (χ2v) is 5.70. The lowest BCUT2D eigenvalue weighted by atomic mass is 9.87. The molecule has 3 nitrogen and oxygen atoms in total. The number of hydrogen-bond donors (Lipinski definition) is 1. The molecule has 1 unspecified atom stereocenters. The molecule has 0 aliphatic heterocycles. The Morgan fingerprint density at radius 3 is 2.25 bits per heavy atom. The number of amides is 1. The zero-order valence-electron chi connectivity index (χ0n) is 11.5. The topological polar surface area (TPSA) is 46.3 Å². The van der Waals surface area contributed by atoms with E-state index in [4.69, 9.17) is 5.73 Å². The summed E-state index contributed by atoms with van der Waals surface area (Å²) in [4.78, 5) is 13.8. The number of nitrogens with two attached hydrogens (primary N) is 1. The van der Waals surface area contributed by atoms with E-state index < -0.39 is 0 Å². The Balaban J connectivity index is 4.11. The average Bonchev–Trinajstić information content (AvgIpc) is 2.10. The molecule has 0 rings (SSSR count). The minimum Gasteiger partial charge on any atom is -0.343 e. The van der Waals surface area contributed by atoms with Crippen LogP contribution in [0.3, 0.4) is 0 Å². The molecule has 0 heterocycles. The first-order valence-electron chi connectivity index (χ1n) is 6.33. The first-order chi connectivity index (χ1) is 7.30. The maximum atomic E-state index is 11.9. The third-order valence-corrected chi connectivity index (χ3v) is 2.54. The van der Waals surface area contributed by atoms with Gasteiger partial charge in [-0.25, -0.2) is 0 Å². The molecule has 0 saturated carbocycles. The SMILES string of the molecule is CCCN(CC)C(=O)CC(N)CC(C)(C)C. The minimum absolute atomic E-state index is 0.0154. The van der Waals surface area contributed by atoms with Gasteiger partial charge in [-0.2, -0.15) is 0 Å². The summed E-state index contributed by atoms with van der Waals surface area (Å²) in [5.74, 6) is 0.195. The van der Waals surface area contributed by atoms with Gasteiger partial charge in [-0.1, -0.05) is 27.7 Å². The number of hydrogen-bond acceptors (Lipinski definition) is 2. The van der Waals surface area contributed by atoms with Crippen LogP contribution in [0.4, 0.5) is 0 Å². The maximum absolute atomic E-state index is 11.9. The van der Waals surface area contributed by atoms with E-state index in [2.05, 4.69) is 27.7 Å². The third kappa shape index (κ3) is 6.83. The molecular weight excluding hydrogens is 200 g/mol. The summed E-state index contributed by atoms with van der Waals surface area (Å²) in [6.07, 6.45) is 2.38. The van der Waals surface area contributed by atoms with Gasteiger partial charge in [0.05, 0.1) is 0 Å². The van der Waals surface area contributed by atoms with Crippen molar-refractivity contribution in [2.75, 3.05) is 13.1 Å². The predicted molar refractivity (Wildman–Crippen MR) is 69.2 cm³/mol. The Hall–Kier alpha value is -0.570. The Bertz CT molecular complexity index is 208. The fraction of sp³-hybridized carbons (Fsp3) is 0.923. The third-order valence-electron chi connectivity index (χ3n) is 2.54. The van der Waals surface area contributed by atoms with Gasteiger partial charge in [-0.05, 0) is 25.2 Å². The van der Waals surface area contributed by atoms with Gasteiger partial charge in [0.1, 0.15) is 0 Å². The van der Waals surface area contributed by atoms with E-state index in [1.54, 1.807) is 0 Å². The van der Waals surface area contributed by atoms with Crippen molar-refractivity contribution in [3.63, 3.8) is 0 Å². The molecule has 96 valence electrons. The first-order valence-corrected chi connectivity index (χ1v) is 6.33. The van der Waals surface area contributed by atoms with Crippen molar-refractivity contribution in [3.8, 4) is 0 Å². The van der Waals surface area contributed by atoms with E-state index in [9.17, 15) is 4.79 Å². The van der Waals surface area contributed by atoms with Crippen molar-refractivity contribution < 1.29 is 4.79 Å². The lowest BCUT2D eigenvalue weighted by molar-refractivity contribution is -0.131. The van der Waals surface area contributed by atoms with Crippen LogP contribution in [0.1, 0.15) is 53.9 Å². The van der Waals surface area contributed by atoms with E-state index in [-0.39, 0.29) is 17.4 Å². The van der Waals surface area contributed by atoms with E-state index >= 15 is 0 Å². The number of nitrogens with zero attached hydrogens (tertiary/aromatic N) is 1. The molecule has 16 heavy (non-hydrogen) atoms. The van der Waals surface area contributed by atoms with Crippen molar-refractivity contribution in [1.82, 2.24) is 4.90 Å². The largest absolute Gasteiger partial charge is 0.343 e. The average molecular weight is 228 g/mol. The van der Waals surface area contributed by atoms with Crippen LogP contribution in [0.25, 0.3) is 0 Å². The summed E-state index contributed by atoms with van der Waals surface area (Å²) in [5.41, 5.74) is 6.20. The molecule has 0 radical (unpaired) electrons. The summed E-state index contributed by atoms with van der Waals surface area (Å²) >= 11 is 0. The second-order valence-electron chi connectivity index (χ2n) is 5.70. The summed E-state index contributed by atoms with van der Waals surface area (Å²) in [6.45, 7) is 12.2. The van der Waals surface area contributed by atoms with E-state index in [0.29, 0.717) is 6.42 Å². The monoisotopic (exact) mass is 228 g/mol. The molecule has 0 bridgehead atoms. The van der Waals surface area contributed by atoms with Crippen LogP contribution in [0.5, 0.6) is 0 Å². The van der Waals surface area contributed by atoms with E-state index in [0.717, 1.165) is 25.9 Å². The normalized spacial score (nSPS) is 13.6. The summed E-state index contributed by atoms with van der Waals surface area (Å²) < 4.78 is 0. The Labute approximate surface area is 100 Å². The van der Waals surface area contributed by atoms with Gasteiger partial charge in [0.2, 0.25) is 5.91 Å². The number of rotatable bonds is 6. The fourth-order valence-electron chi connectivity index (χ4n) is 1.94. The number of carbonyl (C=O) groups is 1. The summed E-state index contributed by atoms with van der Waals surface area (Å²) in [6, 6.07) is -0.0154. The van der Waals surface area contributed by atoms with Crippen molar-refractivity contribution in [3.05, 3.63) is 0 Å². The highest BCUT2D eigenvalue weighted by Gasteiger charge is 2.20. The zero-order valence-corrected chi connectivity index (χ0v) is 11.5. The molecule has 1 atom stereocenters. The lowest BCUT2D eigenvalue weighted by Gasteiger charge is -2.26. The van der Waals surface area contributed by atoms with Gasteiger partial charge in [-0.15, -0.1) is 0 Å². The molecule has 0 fully saturated rings. The molecule has 0 spiro atoms. The van der Waals surface area contributed by atoms with Crippen LogP contribution in [0, 0.1) is 5.41 Å². The Kier molecular flexibility index (Phi) is 6.65. The van der Waals surface area contributed by atoms with Gasteiger partial charge in [-0.3, -0.25) is 4.79 Å². The molecular formula is C13H28N2O. The van der Waals surface area contributed by atoms with E-state index in [1.165, 1.54) is 0 Å². The molecule has 3 heteroatoms. The van der Waals surface area contributed by atoms with E-state index in [1.807, 2.05) is 11.8 Å². The van der Waals surface area contributed by atoms with Crippen LogP contribution in [0.2, 0.25) is 0 Å². The molecule has 0 aromatic carbocycles. The van der Waals surface area contributed by atoms with Crippen molar-refractivity contribution >= 4 is 5.91 Å². The predicted octanol–water partition coefficient (Wildman–Crippen LogP) is 2.40. The molecule has 0 aliphatic rings. The number of carbonyl (C=O) groups excluding carboxylic acids is 1. The van der Waals surface area contributed by atoms with Crippen molar-refractivity contribution in [1.29, 1.82) is 0 Å². The molecule has 2 N–H and O–H groups in total. The summed E-state index contributed by atoms with van der Waals surface area (Å²) in [5, 5.41) is 0. The van der Waals surface area contributed by atoms with Crippen LogP contribution in [-0.4, -0.2) is 29.9 Å². The standard InChI is InChI=1S/C13H28N2O/c1-6-8-15(7-2)12(16)9-11(14)10-13(3,4)5/h11H,6-10,14H2,1-5H3. The van der Waals surface area contributed by atoms with Gasteiger partial charge in [0.25, 0.3) is 0 Å². The van der Waals surface area contributed by atoms with Crippen LogP contribution >= 0.6 is 0 Å². The minimum atomic E-state index is -0.0154. The van der Waals surface area contributed by atoms with Crippen molar-refractivity contribution in [2.24, 2.45) is 11.1 Å². The maximum Gasteiger partial charge on any atom is 0.224 e. The molecule has 0 saturated heterocycles. The summed E-state index contributed by atoms with van der Waals surface area (Å²) in [7, 11) is 0. The molecule has 0 aromatic rings. The molecule has 0 aromatic heterocycles. The van der Waals surface area contributed by atoms with Gasteiger partial charge < -0.3 is 10.6 Å². The second kappa shape index (κ2) is 6.89. The fourth-order valence-corrected chi connectivity index (χ4v) is 1.94. The van der Waals surface area contributed by atoms with Gasteiger partial charge in [0.15, 0.2) is 0 Å². The van der Waals surface area contributed by atoms with Gasteiger partial charge in [0, 0.05) is 25.6 Å². The van der Waals surface area contributed by atoms with Crippen LogP contribution < -0.4 is 5.73 Å². The van der Waals surface area contributed by atoms with Crippen LogP contribution in [-0.2, 0) is 4.79 Å². The molecule has 0 aliphatic carbocycles. The smallest absolute Gasteiger partial charge is 0.224 e. The highest BCUT2D eigenvalue weighted by molar-refractivity contribution is 5.76. The Morgan fingerprint density at radius 1 is 1.31 bits per heavy atom. The first kappa shape index (κ1) is 15.4. The quantitative estimate of drug-likeness (QED) is 0.759. The lowest BCUT2D eigenvalue weighted by Crippen LogP contribution is -2.37. The molecule has 1 amide bonds. The zero-order chi connectivity index (χ0) is 12.8. The highest BCUT2D eigenvalue weighted by Crippen LogP contribution is 2.21. The van der Waals surface area contributed by atoms with Crippen LogP contribution in [0.15, 0.2) is 0 Å². The van der Waals surface area contributed by atoms with Crippen molar-refractivity contribution in [2.45, 2.75) is 59.9 Å². The van der Waals surface area contributed by atoms with Gasteiger partial charge >= 0.3 is 0 Å². The highest BCUT2D eigenvalue weighted by atomic mass is 16.2. The Morgan fingerprint density at radius 2 is 1.88 bits per heavy atom.